The minimum Gasteiger partial charge on any atom is -0.384 e. The van der Waals surface area contributed by atoms with Crippen molar-refractivity contribution in [2.45, 2.75) is 39.5 Å². The zero-order valence-electron chi connectivity index (χ0n) is 18.4. The lowest BCUT2D eigenvalue weighted by atomic mass is 9.96. The smallest absolute Gasteiger partial charge is 0.191 e. The van der Waals surface area contributed by atoms with Crippen molar-refractivity contribution < 1.29 is 14.6 Å². The van der Waals surface area contributed by atoms with Crippen LogP contribution in [-0.2, 0) is 28.2 Å². The summed E-state index contributed by atoms with van der Waals surface area (Å²) in [7, 11) is 0. The summed E-state index contributed by atoms with van der Waals surface area (Å²) < 4.78 is 10.9. The first-order chi connectivity index (χ1) is 14.5. The van der Waals surface area contributed by atoms with E-state index in [1.165, 1.54) is 0 Å². The molecule has 1 unspecified atom stereocenters. The van der Waals surface area contributed by atoms with E-state index in [-0.39, 0.29) is 0 Å². The van der Waals surface area contributed by atoms with E-state index in [0.29, 0.717) is 45.5 Å². The molecule has 0 spiro atoms. The highest BCUT2D eigenvalue weighted by atomic mass is 16.5. The molecule has 1 atom stereocenters. The largest absolute Gasteiger partial charge is 0.384 e. The molecule has 0 fully saturated rings. The number of nitrogens with one attached hydrogen (secondary N) is 2. The predicted molar refractivity (Wildman–Crippen MR) is 121 cm³/mol. The molecular formula is C24H35N3O3. The minimum atomic E-state index is -0.990. The molecule has 6 nitrogen and oxygen atoms in total. The van der Waals surface area contributed by atoms with Crippen LogP contribution in [0.1, 0.15) is 37.5 Å². The SMILES string of the molecule is CCNC(=NCc1cccc(COCCOCC)c1)NCC(C)(O)c1ccccc1. The fourth-order valence-electron chi connectivity index (χ4n) is 2.94. The van der Waals surface area contributed by atoms with Gasteiger partial charge in [0.25, 0.3) is 0 Å². The molecule has 0 aromatic heterocycles. The second kappa shape index (κ2) is 13.0. The number of benzene rings is 2. The van der Waals surface area contributed by atoms with E-state index in [0.717, 1.165) is 23.2 Å². The Morgan fingerprint density at radius 2 is 1.70 bits per heavy atom. The number of nitrogens with zero attached hydrogens (tertiary/aromatic N) is 1. The van der Waals surface area contributed by atoms with Crippen LogP contribution >= 0.6 is 0 Å². The summed E-state index contributed by atoms with van der Waals surface area (Å²) in [5, 5.41) is 17.3. The van der Waals surface area contributed by atoms with Crippen molar-refractivity contribution in [2.24, 2.45) is 4.99 Å². The second-order valence-corrected chi connectivity index (χ2v) is 7.26. The van der Waals surface area contributed by atoms with Gasteiger partial charge >= 0.3 is 0 Å². The van der Waals surface area contributed by atoms with Crippen molar-refractivity contribution in [1.82, 2.24) is 10.6 Å². The standard InChI is InChI=1S/C24H35N3O3/c1-4-25-23(27-19-24(3,28)22-12-7-6-8-13-22)26-17-20-10-9-11-21(16-20)18-30-15-14-29-5-2/h6-13,16,28H,4-5,14-15,17-19H2,1-3H3,(H2,25,26,27). The van der Waals surface area contributed by atoms with Crippen molar-refractivity contribution in [1.29, 1.82) is 0 Å². The van der Waals surface area contributed by atoms with Crippen molar-refractivity contribution in [3.05, 3.63) is 71.3 Å². The second-order valence-electron chi connectivity index (χ2n) is 7.26. The highest BCUT2D eigenvalue weighted by molar-refractivity contribution is 5.79. The molecule has 0 amide bonds. The topological polar surface area (TPSA) is 75.1 Å². The van der Waals surface area contributed by atoms with Crippen LogP contribution in [0.3, 0.4) is 0 Å². The van der Waals surface area contributed by atoms with Gasteiger partial charge in [0.15, 0.2) is 5.96 Å². The molecule has 2 aromatic rings. The molecule has 0 aliphatic heterocycles. The number of aliphatic imine (C=N–C) groups is 1. The normalized spacial score (nSPS) is 13.7. The molecule has 0 bridgehead atoms. The monoisotopic (exact) mass is 413 g/mol. The molecule has 2 aromatic carbocycles. The highest BCUT2D eigenvalue weighted by Crippen LogP contribution is 2.18. The third-order valence-electron chi connectivity index (χ3n) is 4.60. The fourth-order valence-corrected chi connectivity index (χ4v) is 2.94. The Labute approximate surface area is 180 Å². The molecule has 0 aliphatic rings. The molecule has 0 saturated heterocycles. The Morgan fingerprint density at radius 3 is 2.43 bits per heavy atom. The maximum Gasteiger partial charge on any atom is 0.191 e. The van der Waals surface area contributed by atoms with Crippen LogP contribution in [0.15, 0.2) is 59.6 Å². The molecule has 164 valence electrons. The van der Waals surface area contributed by atoms with Gasteiger partial charge in [-0.05, 0) is 37.5 Å². The van der Waals surface area contributed by atoms with E-state index in [1.807, 2.05) is 50.2 Å². The van der Waals surface area contributed by atoms with Crippen LogP contribution in [-0.4, -0.2) is 44.0 Å². The molecular weight excluding hydrogens is 378 g/mol. The van der Waals surface area contributed by atoms with Crippen molar-refractivity contribution in [3.8, 4) is 0 Å². The predicted octanol–water partition coefficient (Wildman–Crippen LogP) is 3.20. The van der Waals surface area contributed by atoms with E-state index in [4.69, 9.17) is 9.47 Å². The van der Waals surface area contributed by atoms with Gasteiger partial charge in [0.1, 0.15) is 5.60 Å². The fraction of sp³-hybridized carbons (Fsp3) is 0.458. The van der Waals surface area contributed by atoms with Gasteiger partial charge in [-0.2, -0.15) is 0 Å². The maximum atomic E-state index is 10.8. The summed E-state index contributed by atoms with van der Waals surface area (Å²) in [5.41, 5.74) is 2.10. The molecule has 0 saturated carbocycles. The Kier molecular flexibility index (Phi) is 10.3. The van der Waals surface area contributed by atoms with Crippen LogP contribution < -0.4 is 10.6 Å². The molecule has 30 heavy (non-hydrogen) atoms. The molecule has 6 heteroatoms. The van der Waals surface area contributed by atoms with E-state index in [1.54, 1.807) is 6.92 Å². The zero-order valence-corrected chi connectivity index (χ0v) is 18.4. The molecule has 0 aliphatic carbocycles. The van der Waals surface area contributed by atoms with Crippen LogP contribution in [0.5, 0.6) is 0 Å². The van der Waals surface area contributed by atoms with Crippen LogP contribution in [0.4, 0.5) is 0 Å². The number of aliphatic hydroxyl groups is 1. The summed E-state index contributed by atoms with van der Waals surface area (Å²) in [6, 6.07) is 17.9. The van der Waals surface area contributed by atoms with Gasteiger partial charge in [-0.25, -0.2) is 4.99 Å². The minimum absolute atomic E-state index is 0.358. The number of hydrogen-bond donors (Lipinski definition) is 3. The van der Waals surface area contributed by atoms with Gasteiger partial charge in [-0.3, -0.25) is 0 Å². The highest BCUT2D eigenvalue weighted by Gasteiger charge is 2.22. The van der Waals surface area contributed by atoms with Gasteiger partial charge < -0.3 is 25.2 Å². The quantitative estimate of drug-likeness (QED) is 0.283. The molecule has 0 radical (unpaired) electrons. The van der Waals surface area contributed by atoms with Crippen LogP contribution in [0, 0.1) is 0 Å². The third kappa shape index (κ3) is 8.53. The van der Waals surface area contributed by atoms with E-state index >= 15 is 0 Å². The molecule has 2 rings (SSSR count). The summed E-state index contributed by atoms with van der Waals surface area (Å²) in [4.78, 5) is 4.66. The third-order valence-corrected chi connectivity index (χ3v) is 4.60. The summed E-state index contributed by atoms with van der Waals surface area (Å²) in [5.74, 6) is 0.673. The first-order valence-electron chi connectivity index (χ1n) is 10.6. The number of ether oxygens (including phenoxy) is 2. The Balaban J connectivity index is 1.91. The zero-order chi connectivity index (χ0) is 21.7. The number of guanidine groups is 1. The average Bonchev–Trinajstić information content (AvgIpc) is 2.76. The lowest BCUT2D eigenvalue weighted by molar-refractivity contribution is 0.0453. The summed E-state index contributed by atoms with van der Waals surface area (Å²) >= 11 is 0. The van der Waals surface area contributed by atoms with Crippen LogP contribution in [0.2, 0.25) is 0 Å². The lowest BCUT2D eigenvalue weighted by Gasteiger charge is -2.25. The van der Waals surface area contributed by atoms with E-state index in [2.05, 4.69) is 33.8 Å². The average molecular weight is 414 g/mol. The summed E-state index contributed by atoms with van der Waals surface area (Å²) in [6.45, 7) is 9.91. The van der Waals surface area contributed by atoms with Crippen LogP contribution in [0.25, 0.3) is 0 Å². The number of hydrogen-bond acceptors (Lipinski definition) is 4. The van der Waals surface area contributed by atoms with Gasteiger partial charge in [0.2, 0.25) is 0 Å². The first kappa shape index (κ1) is 23.9. The van der Waals surface area contributed by atoms with Gasteiger partial charge in [-0.15, -0.1) is 0 Å². The van der Waals surface area contributed by atoms with Crippen molar-refractivity contribution >= 4 is 5.96 Å². The van der Waals surface area contributed by atoms with E-state index in [9.17, 15) is 5.11 Å². The number of rotatable bonds is 12. The van der Waals surface area contributed by atoms with Gasteiger partial charge in [0.05, 0.1) is 32.9 Å². The van der Waals surface area contributed by atoms with Gasteiger partial charge in [-0.1, -0.05) is 54.6 Å². The Bertz CT molecular complexity index is 763. The van der Waals surface area contributed by atoms with Crippen molar-refractivity contribution in [3.63, 3.8) is 0 Å². The Morgan fingerprint density at radius 1 is 0.967 bits per heavy atom. The van der Waals surface area contributed by atoms with Gasteiger partial charge in [0, 0.05) is 13.2 Å². The molecule has 0 heterocycles. The molecule has 3 N–H and O–H groups in total. The first-order valence-corrected chi connectivity index (χ1v) is 10.6. The Hall–Kier alpha value is -2.41. The van der Waals surface area contributed by atoms with E-state index < -0.39 is 5.60 Å². The van der Waals surface area contributed by atoms with Crippen molar-refractivity contribution in [2.75, 3.05) is 32.9 Å². The summed E-state index contributed by atoms with van der Waals surface area (Å²) in [6.07, 6.45) is 0. The maximum absolute atomic E-state index is 10.8. The lowest BCUT2D eigenvalue weighted by Crippen LogP contribution is -2.44.